The molecule has 1 unspecified atom stereocenters. The Morgan fingerprint density at radius 3 is 2.45 bits per heavy atom. The van der Waals surface area contributed by atoms with Gasteiger partial charge in [-0.05, 0) is 100 Å². The van der Waals surface area contributed by atoms with E-state index in [1.54, 1.807) is 0 Å². The Labute approximate surface area is 189 Å². The Bertz CT molecular complexity index is 701. The van der Waals surface area contributed by atoms with Gasteiger partial charge in [0.05, 0.1) is 23.9 Å². The molecule has 4 aliphatic rings. The van der Waals surface area contributed by atoms with Crippen LogP contribution < -0.4 is 0 Å². The van der Waals surface area contributed by atoms with Crippen LogP contribution in [0.5, 0.6) is 0 Å². The molecule has 0 bridgehead atoms. The molecule has 4 aliphatic carbocycles. The van der Waals surface area contributed by atoms with E-state index in [4.69, 9.17) is 0 Å². The molecule has 0 amide bonds. The van der Waals surface area contributed by atoms with E-state index in [2.05, 4.69) is 40.7 Å². The fourth-order valence-corrected chi connectivity index (χ4v) is 9.19. The fraction of sp³-hybridized carbons (Fsp3) is 0.926. The molecule has 4 rings (SSSR count). The van der Waals surface area contributed by atoms with Gasteiger partial charge in [0.25, 0.3) is 0 Å². The first-order chi connectivity index (χ1) is 14.4. The highest BCUT2D eigenvalue weighted by Crippen LogP contribution is 2.69. The minimum absolute atomic E-state index is 0.00575. The molecule has 4 saturated carbocycles. The summed E-state index contributed by atoms with van der Waals surface area (Å²) in [5.41, 5.74) is -0.350. The SMILES string of the molecule is CC(C)=CCCC(C)[C@H]1CC[C@H]2[C@@H]3C[C@@H](O)[C@@]4(O)C[C@@H](O)CC[C@]4(C)[C@H]3[C@@H](O)C[C@]12C. The summed E-state index contributed by atoms with van der Waals surface area (Å²) < 4.78 is 0. The molecule has 4 N–H and O–H groups in total. The Morgan fingerprint density at radius 2 is 1.77 bits per heavy atom. The summed E-state index contributed by atoms with van der Waals surface area (Å²) in [6.45, 7) is 11.2. The van der Waals surface area contributed by atoms with Gasteiger partial charge in [0, 0.05) is 11.8 Å². The zero-order chi connectivity index (χ0) is 22.8. The number of hydrogen-bond donors (Lipinski definition) is 4. The molecule has 0 spiro atoms. The first-order valence-corrected chi connectivity index (χ1v) is 12.8. The van der Waals surface area contributed by atoms with Gasteiger partial charge in [-0.15, -0.1) is 0 Å². The van der Waals surface area contributed by atoms with E-state index >= 15 is 0 Å². The largest absolute Gasteiger partial charge is 0.393 e. The molecule has 178 valence electrons. The normalized spacial score (nSPS) is 52.6. The standard InChI is InChI=1S/C27H46O4/c1-16(2)7-6-8-17(3)20-9-10-21-19-13-23(30)27(31)14-18(28)11-12-26(27,5)24(19)22(29)15-25(20,21)4/h7,17-24,28-31H,6,8-15H2,1-5H3/t17?,18-,19-,20+,21-,22-,23+,24+,25+,26+,27-/m0/s1. The van der Waals surface area contributed by atoms with Gasteiger partial charge in [0.2, 0.25) is 0 Å². The fourth-order valence-electron chi connectivity index (χ4n) is 9.19. The molecular weight excluding hydrogens is 388 g/mol. The first-order valence-electron chi connectivity index (χ1n) is 12.8. The zero-order valence-corrected chi connectivity index (χ0v) is 20.3. The van der Waals surface area contributed by atoms with Crippen LogP contribution in [0.4, 0.5) is 0 Å². The van der Waals surface area contributed by atoms with E-state index in [0.29, 0.717) is 37.0 Å². The number of fused-ring (bicyclic) bond motifs is 5. The molecular formula is C27H46O4. The predicted molar refractivity (Wildman–Crippen MR) is 123 cm³/mol. The zero-order valence-electron chi connectivity index (χ0n) is 20.3. The second-order valence-corrected chi connectivity index (χ2v) is 12.6. The van der Waals surface area contributed by atoms with Crippen molar-refractivity contribution in [2.75, 3.05) is 0 Å². The highest BCUT2D eigenvalue weighted by atomic mass is 16.3. The quantitative estimate of drug-likeness (QED) is 0.493. The third-order valence-corrected chi connectivity index (χ3v) is 10.7. The molecule has 11 atom stereocenters. The van der Waals surface area contributed by atoms with Crippen LogP contribution in [0, 0.1) is 40.4 Å². The van der Waals surface area contributed by atoms with Crippen molar-refractivity contribution in [2.24, 2.45) is 40.4 Å². The predicted octanol–water partition coefficient (Wildman–Crippen LogP) is 4.45. The van der Waals surface area contributed by atoms with E-state index in [9.17, 15) is 20.4 Å². The lowest BCUT2D eigenvalue weighted by Gasteiger charge is -2.66. The van der Waals surface area contributed by atoms with Crippen molar-refractivity contribution in [3.63, 3.8) is 0 Å². The van der Waals surface area contributed by atoms with Gasteiger partial charge in [0.15, 0.2) is 0 Å². The summed E-state index contributed by atoms with van der Waals surface area (Å²) in [5, 5.41) is 44.6. The van der Waals surface area contributed by atoms with Gasteiger partial charge >= 0.3 is 0 Å². The summed E-state index contributed by atoms with van der Waals surface area (Å²) in [7, 11) is 0. The monoisotopic (exact) mass is 434 g/mol. The van der Waals surface area contributed by atoms with Crippen molar-refractivity contribution in [2.45, 2.75) is 116 Å². The van der Waals surface area contributed by atoms with Crippen molar-refractivity contribution in [1.82, 2.24) is 0 Å². The second kappa shape index (κ2) is 8.11. The highest BCUT2D eigenvalue weighted by molar-refractivity contribution is 5.19. The molecule has 0 heterocycles. The van der Waals surface area contributed by atoms with Gasteiger partial charge in [0.1, 0.15) is 0 Å². The summed E-state index contributed by atoms with van der Waals surface area (Å²) >= 11 is 0. The molecule has 4 nitrogen and oxygen atoms in total. The Kier molecular flexibility index (Phi) is 6.21. The average molecular weight is 435 g/mol. The molecule has 0 aliphatic heterocycles. The van der Waals surface area contributed by atoms with Gasteiger partial charge in [-0.1, -0.05) is 32.4 Å². The Hall–Kier alpha value is -0.420. The maximum Gasteiger partial charge on any atom is 0.0986 e. The minimum Gasteiger partial charge on any atom is -0.393 e. The van der Waals surface area contributed by atoms with E-state index in [1.165, 1.54) is 24.8 Å². The minimum atomic E-state index is -1.30. The second-order valence-electron chi connectivity index (χ2n) is 12.6. The first kappa shape index (κ1) is 23.7. The Balaban J connectivity index is 1.60. The van der Waals surface area contributed by atoms with Gasteiger partial charge in [-0.3, -0.25) is 0 Å². The van der Waals surface area contributed by atoms with Gasteiger partial charge < -0.3 is 20.4 Å². The van der Waals surface area contributed by atoms with Crippen LogP contribution >= 0.6 is 0 Å². The molecule has 4 heteroatoms. The summed E-state index contributed by atoms with van der Waals surface area (Å²) in [6, 6.07) is 0. The Morgan fingerprint density at radius 1 is 1.06 bits per heavy atom. The van der Waals surface area contributed by atoms with Crippen molar-refractivity contribution in [1.29, 1.82) is 0 Å². The van der Waals surface area contributed by atoms with Crippen molar-refractivity contribution >= 4 is 0 Å². The summed E-state index contributed by atoms with van der Waals surface area (Å²) in [5.74, 6) is 1.99. The highest BCUT2D eigenvalue weighted by Gasteiger charge is 2.69. The molecule has 4 fully saturated rings. The molecule has 0 aromatic heterocycles. The number of hydrogen-bond acceptors (Lipinski definition) is 4. The van der Waals surface area contributed by atoms with Crippen LogP contribution in [0.2, 0.25) is 0 Å². The molecule has 0 aromatic carbocycles. The van der Waals surface area contributed by atoms with Crippen LogP contribution in [0.1, 0.15) is 92.4 Å². The number of aliphatic hydroxyl groups is 4. The molecule has 0 aromatic rings. The van der Waals surface area contributed by atoms with E-state index < -0.39 is 29.3 Å². The lowest BCUT2D eigenvalue weighted by atomic mass is 9.41. The number of aliphatic hydroxyl groups excluding tert-OH is 3. The van der Waals surface area contributed by atoms with E-state index in [1.807, 2.05) is 0 Å². The van der Waals surface area contributed by atoms with E-state index in [0.717, 1.165) is 12.8 Å². The van der Waals surface area contributed by atoms with Crippen LogP contribution in [-0.4, -0.2) is 44.3 Å². The average Bonchev–Trinajstić information content (AvgIpc) is 3.00. The topological polar surface area (TPSA) is 80.9 Å². The maximum atomic E-state index is 11.6. The van der Waals surface area contributed by atoms with Crippen molar-refractivity contribution < 1.29 is 20.4 Å². The lowest BCUT2D eigenvalue weighted by Crippen LogP contribution is -2.71. The lowest BCUT2D eigenvalue weighted by molar-refractivity contribution is -0.282. The third-order valence-electron chi connectivity index (χ3n) is 10.7. The van der Waals surface area contributed by atoms with Crippen LogP contribution in [0.3, 0.4) is 0 Å². The van der Waals surface area contributed by atoms with Crippen molar-refractivity contribution in [3.8, 4) is 0 Å². The van der Waals surface area contributed by atoms with Crippen LogP contribution in [0.15, 0.2) is 11.6 Å². The summed E-state index contributed by atoms with van der Waals surface area (Å²) in [4.78, 5) is 0. The smallest absolute Gasteiger partial charge is 0.0986 e. The van der Waals surface area contributed by atoms with Crippen molar-refractivity contribution in [3.05, 3.63) is 11.6 Å². The molecule has 31 heavy (non-hydrogen) atoms. The number of rotatable bonds is 4. The van der Waals surface area contributed by atoms with Crippen LogP contribution in [-0.2, 0) is 0 Å². The van der Waals surface area contributed by atoms with Gasteiger partial charge in [-0.2, -0.15) is 0 Å². The maximum absolute atomic E-state index is 11.6. The van der Waals surface area contributed by atoms with E-state index in [-0.39, 0.29) is 23.7 Å². The molecule has 0 saturated heterocycles. The summed E-state index contributed by atoms with van der Waals surface area (Å²) in [6.07, 6.45) is 8.12. The van der Waals surface area contributed by atoms with Gasteiger partial charge in [-0.25, -0.2) is 0 Å². The van der Waals surface area contributed by atoms with Crippen LogP contribution in [0.25, 0.3) is 0 Å². The third kappa shape index (κ3) is 3.55. The molecule has 0 radical (unpaired) electrons. The number of allylic oxidation sites excluding steroid dienone is 2.